The Hall–Kier alpha value is -0.790. The fraction of sp³-hybridized carbons (Fsp3) is 0.786. The second kappa shape index (κ2) is 3.35. The molecular weight excluding hydrogens is 200 g/mol. The van der Waals surface area contributed by atoms with E-state index in [0.29, 0.717) is 5.92 Å². The van der Waals surface area contributed by atoms with Gasteiger partial charge in [0.25, 0.3) is 0 Å². The van der Waals surface area contributed by atoms with Crippen molar-refractivity contribution in [2.45, 2.75) is 53.6 Å². The Labute approximate surface area is 98.1 Å². The minimum Gasteiger partial charge on any atom is -0.498 e. The van der Waals surface area contributed by atoms with Crippen LogP contribution >= 0.6 is 0 Å². The third-order valence-corrected chi connectivity index (χ3v) is 4.68. The highest BCUT2D eigenvalue weighted by atomic mass is 16.5. The smallest absolute Gasteiger partial charge is 0.159 e. The van der Waals surface area contributed by atoms with Crippen LogP contribution in [-0.2, 0) is 9.53 Å². The van der Waals surface area contributed by atoms with Gasteiger partial charge in [-0.05, 0) is 32.1 Å². The first-order valence-electron chi connectivity index (χ1n) is 6.16. The van der Waals surface area contributed by atoms with E-state index in [1.807, 2.05) is 0 Å². The lowest BCUT2D eigenvalue weighted by Crippen LogP contribution is -2.43. The normalized spacial score (nSPS) is 40.9. The third-order valence-electron chi connectivity index (χ3n) is 4.68. The molecule has 1 aliphatic heterocycles. The molecule has 3 atom stereocenters. The Morgan fingerprint density at radius 1 is 1.38 bits per heavy atom. The molecule has 2 nitrogen and oxygen atoms in total. The van der Waals surface area contributed by atoms with Crippen molar-refractivity contribution < 1.29 is 9.53 Å². The first-order valence-corrected chi connectivity index (χ1v) is 6.16. The summed E-state index contributed by atoms with van der Waals surface area (Å²) in [6.07, 6.45) is 4.20. The summed E-state index contributed by atoms with van der Waals surface area (Å²) in [5.74, 6) is 0.612. The summed E-state index contributed by atoms with van der Waals surface area (Å²) >= 11 is 0. The summed E-state index contributed by atoms with van der Waals surface area (Å²) in [4.78, 5) is 11.7. The van der Waals surface area contributed by atoms with E-state index in [2.05, 4.69) is 27.7 Å². The summed E-state index contributed by atoms with van der Waals surface area (Å²) in [5, 5.41) is 0. The topological polar surface area (TPSA) is 26.3 Å². The maximum atomic E-state index is 11.7. The molecule has 0 amide bonds. The molecule has 0 aromatic rings. The molecule has 0 aromatic carbocycles. The molecule has 0 spiro atoms. The van der Waals surface area contributed by atoms with Crippen LogP contribution in [0.25, 0.3) is 0 Å². The highest BCUT2D eigenvalue weighted by Crippen LogP contribution is 2.60. The molecule has 0 N–H and O–H groups in total. The lowest BCUT2D eigenvalue weighted by molar-refractivity contribution is -0.117. The molecule has 90 valence electrons. The average molecular weight is 222 g/mol. The summed E-state index contributed by atoms with van der Waals surface area (Å²) < 4.78 is 5.68. The number of ketones is 1. The van der Waals surface area contributed by atoms with E-state index in [4.69, 9.17) is 4.74 Å². The van der Waals surface area contributed by atoms with E-state index in [1.165, 1.54) is 6.42 Å². The van der Waals surface area contributed by atoms with Gasteiger partial charge in [0.05, 0.1) is 12.4 Å². The van der Waals surface area contributed by atoms with Crippen LogP contribution in [0.2, 0.25) is 0 Å². The van der Waals surface area contributed by atoms with E-state index in [1.54, 1.807) is 13.2 Å². The van der Waals surface area contributed by atoms with Gasteiger partial charge in [-0.3, -0.25) is 4.79 Å². The molecule has 16 heavy (non-hydrogen) atoms. The van der Waals surface area contributed by atoms with Crippen molar-refractivity contribution in [3.63, 3.8) is 0 Å². The summed E-state index contributed by atoms with van der Waals surface area (Å²) in [5.41, 5.74) is 1.18. The Morgan fingerprint density at radius 2 is 2.00 bits per heavy atom. The number of rotatable bonds is 1. The standard InChI is InChI=1S/C14H22O2/c1-9(15)11-8-16-10(2)12-13(3,4)6-7-14(11,12)5/h8,10,12H,6-7H2,1-5H3/t10-,12+,14+/m0/s1. The molecule has 1 heterocycles. The Balaban J connectivity index is 2.48. The number of Topliss-reactive ketones (excluding diaryl/α,β-unsaturated/α-hetero) is 1. The van der Waals surface area contributed by atoms with Crippen molar-refractivity contribution in [1.29, 1.82) is 0 Å². The fourth-order valence-corrected chi connectivity index (χ4v) is 4.08. The highest BCUT2D eigenvalue weighted by molar-refractivity contribution is 5.94. The maximum absolute atomic E-state index is 11.7. The van der Waals surface area contributed by atoms with Crippen LogP contribution in [0.4, 0.5) is 0 Å². The molecule has 0 radical (unpaired) electrons. The Morgan fingerprint density at radius 3 is 2.56 bits per heavy atom. The van der Waals surface area contributed by atoms with E-state index in [0.717, 1.165) is 12.0 Å². The Bertz CT molecular complexity index is 354. The van der Waals surface area contributed by atoms with Gasteiger partial charge in [0.1, 0.15) is 0 Å². The van der Waals surface area contributed by atoms with Crippen LogP contribution in [0.15, 0.2) is 11.8 Å². The molecule has 0 unspecified atom stereocenters. The second-order valence-corrected chi connectivity index (χ2v) is 6.31. The van der Waals surface area contributed by atoms with E-state index < -0.39 is 0 Å². The maximum Gasteiger partial charge on any atom is 0.159 e. The van der Waals surface area contributed by atoms with Crippen LogP contribution in [0.1, 0.15) is 47.5 Å². The lowest BCUT2D eigenvalue weighted by atomic mass is 9.64. The number of fused-ring (bicyclic) bond motifs is 1. The zero-order valence-electron chi connectivity index (χ0n) is 11.0. The number of ether oxygens (including phenoxy) is 1. The van der Waals surface area contributed by atoms with Gasteiger partial charge in [-0.25, -0.2) is 0 Å². The van der Waals surface area contributed by atoms with Gasteiger partial charge in [-0.2, -0.15) is 0 Å². The molecule has 1 aliphatic carbocycles. The fourth-order valence-electron chi connectivity index (χ4n) is 4.08. The number of hydrogen-bond acceptors (Lipinski definition) is 2. The zero-order valence-corrected chi connectivity index (χ0v) is 11.0. The minimum atomic E-state index is 0.0208. The van der Waals surface area contributed by atoms with Gasteiger partial charge < -0.3 is 4.74 Å². The summed E-state index contributed by atoms with van der Waals surface area (Å²) in [7, 11) is 0. The number of hydrogen-bond donors (Lipinski definition) is 0. The molecule has 2 aliphatic rings. The van der Waals surface area contributed by atoms with E-state index in [-0.39, 0.29) is 22.7 Å². The summed E-state index contributed by atoms with van der Waals surface area (Å²) in [6.45, 7) is 10.6. The van der Waals surface area contributed by atoms with Crippen LogP contribution in [-0.4, -0.2) is 11.9 Å². The predicted octanol–water partition coefficient (Wildman–Crippen LogP) is 3.32. The van der Waals surface area contributed by atoms with Gasteiger partial charge >= 0.3 is 0 Å². The lowest BCUT2D eigenvalue weighted by Gasteiger charge is -2.45. The van der Waals surface area contributed by atoms with Gasteiger partial charge in [0.15, 0.2) is 5.78 Å². The predicted molar refractivity (Wildman–Crippen MR) is 63.9 cm³/mol. The molecule has 0 aromatic heterocycles. The van der Waals surface area contributed by atoms with Crippen molar-refractivity contribution in [1.82, 2.24) is 0 Å². The van der Waals surface area contributed by atoms with Crippen molar-refractivity contribution in [3.05, 3.63) is 11.8 Å². The molecular formula is C14H22O2. The molecule has 2 heteroatoms. The molecule has 0 saturated heterocycles. The van der Waals surface area contributed by atoms with Gasteiger partial charge in [-0.1, -0.05) is 20.8 Å². The minimum absolute atomic E-state index is 0.0208. The van der Waals surface area contributed by atoms with Crippen LogP contribution in [0, 0.1) is 16.7 Å². The highest BCUT2D eigenvalue weighted by Gasteiger charge is 2.56. The largest absolute Gasteiger partial charge is 0.498 e. The van der Waals surface area contributed by atoms with Crippen LogP contribution in [0.3, 0.4) is 0 Å². The first kappa shape index (κ1) is 11.7. The average Bonchev–Trinajstić information content (AvgIpc) is 2.38. The van der Waals surface area contributed by atoms with Gasteiger partial charge in [0, 0.05) is 16.9 Å². The second-order valence-electron chi connectivity index (χ2n) is 6.31. The third kappa shape index (κ3) is 1.42. The SMILES string of the molecule is CC(=O)C1=CO[C@@H](C)[C@@H]2C(C)(C)CC[C@]12C. The number of carbonyl (C=O) groups is 1. The van der Waals surface area contributed by atoms with E-state index >= 15 is 0 Å². The monoisotopic (exact) mass is 222 g/mol. The number of carbonyl (C=O) groups excluding carboxylic acids is 1. The van der Waals surface area contributed by atoms with Crippen LogP contribution in [0.5, 0.6) is 0 Å². The summed E-state index contributed by atoms with van der Waals surface area (Å²) in [6, 6.07) is 0. The molecule has 1 saturated carbocycles. The first-order chi connectivity index (χ1) is 7.29. The molecule has 2 rings (SSSR count). The molecule has 1 fully saturated rings. The Kier molecular flexibility index (Phi) is 2.45. The van der Waals surface area contributed by atoms with Crippen molar-refractivity contribution >= 4 is 5.78 Å². The quantitative estimate of drug-likeness (QED) is 0.680. The van der Waals surface area contributed by atoms with Gasteiger partial charge in [0.2, 0.25) is 0 Å². The molecule has 0 bridgehead atoms. The van der Waals surface area contributed by atoms with Crippen molar-refractivity contribution in [2.24, 2.45) is 16.7 Å². The number of allylic oxidation sites excluding steroid dienone is 1. The van der Waals surface area contributed by atoms with Crippen molar-refractivity contribution in [3.8, 4) is 0 Å². The van der Waals surface area contributed by atoms with Crippen molar-refractivity contribution in [2.75, 3.05) is 0 Å². The van der Waals surface area contributed by atoms with E-state index in [9.17, 15) is 4.79 Å². The van der Waals surface area contributed by atoms with Gasteiger partial charge in [-0.15, -0.1) is 0 Å². The van der Waals surface area contributed by atoms with Crippen LogP contribution < -0.4 is 0 Å². The zero-order chi connectivity index (χ0) is 12.1.